The molecule has 0 aliphatic heterocycles. The summed E-state index contributed by atoms with van der Waals surface area (Å²) in [5.41, 5.74) is 4.81. The molecule has 0 bridgehead atoms. The van der Waals surface area contributed by atoms with Crippen molar-refractivity contribution in [2.24, 2.45) is 0 Å². The molecule has 2 rings (SSSR count). The fourth-order valence-electron chi connectivity index (χ4n) is 1.31. The molecule has 0 amide bonds. The Labute approximate surface area is 98.8 Å². The third-order valence-corrected chi connectivity index (χ3v) is 2.92. The molecule has 0 aliphatic carbocycles. The molecule has 5 heteroatoms. The van der Waals surface area contributed by atoms with Crippen LogP contribution < -0.4 is 5.32 Å². The van der Waals surface area contributed by atoms with E-state index >= 15 is 0 Å². The van der Waals surface area contributed by atoms with E-state index in [0.29, 0.717) is 6.54 Å². The van der Waals surface area contributed by atoms with Crippen molar-refractivity contribution in [1.82, 2.24) is 20.3 Å². The standard InChI is InChI=1S/C11H14N4S/c1-8-3-14-10(4-12-8)5-13-9(2)11-6-16-7-15-11/h3-4,6-7,9,13H,5H2,1-2H3. The van der Waals surface area contributed by atoms with E-state index in [2.05, 4.69) is 32.6 Å². The summed E-state index contributed by atoms with van der Waals surface area (Å²) in [6.07, 6.45) is 3.58. The lowest BCUT2D eigenvalue weighted by molar-refractivity contribution is 0.556. The number of nitrogens with one attached hydrogen (secondary N) is 1. The summed E-state index contributed by atoms with van der Waals surface area (Å²) < 4.78 is 0. The Bertz CT molecular complexity index is 424. The van der Waals surface area contributed by atoms with Gasteiger partial charge in [0.1, 0.15) is 0 Å². The molecule has 1 atom stereocenters. The number of aromatic nitrogens is 3. The second kappa shape index (κ2) is 5.14. The first-order valence-electron chi connectivity index (χ1n) is 5.14. The summed E-state index contributed by atoms with van der Waals surface area (Å²) in [6, 6.07) is 0.245. The van der Waals surface area contributed by atoms with Gasteiger partial charge in [-0.05, 0) is 13.8 Å². The van der Waals surface area contributed by atoms with Crippen LogP contribution in [0, 0.1) is 6.92 Å². The van der Waals surface area contributed by atoms with E-state index in [1.807, 2.05) is 12.4 Å². The number of thiazole rings is 1. The Hall–Kier alpha value is -1.33. The Morgan fingerprint density at radius 3 is 2.81 bits per heavy atom. The Kier molecular flexibility index (Phi) is 3.58. The third kappa shape index (κ3) is 2.84. The molecule has 0 spiro atoms. The van der Waals surface area contributed by atoms with Crippen molar-refractivity contribution in [3.8, 4) is 0 Å². The maximum Gasteiger partial charge on any atom is 0.0795 e. The lowest BCUT2D eigenvalue weighted by atomic mass is 10.2. The highest BCUT2D eigenvalue weighted by Crippen LogP contribution is 2.12. The van der Waals surface area contributed by atoms with E-state index in [1.165, 1.54) is 0 Å². The zero-order chi connectivity index (χ0) is 11.4. The number of aryl methyl sites for hydroxylation is 1. The van der Waals surface area contributed by atoms with Gasteiger partial charge in [-0.1, -0.05) is 0 Å². The smallest absolute Gasteiger partial charge is 0.0795 e. The second-order valence-corrected chi connectivity index (χ2v) is 4.38. The van der Waals surface area contributed by atoms with Gasteiger partial charge < -0.3 is 5.32 Å². The van der Waals surface area contributed by atoms with Crippen molar-refractivity contribution in [2.75, 3.05) is 0 Å². The van der Waals surface area contributed by atoms with E-state index < -0.39 is 0 Å². The van der Waals surface area contributed by atoms with E-state index in [4.69, 9.17) is 0 Å². The molecule has 2 aromatic rings. The molecule has 1 unspecified atom stereocenters. The minimum absolute atomic E-state index is 0.245. The van der Waals surface area contributed by atoms with Crippen LogP contribution in [0.5, 0.6) is 0 Å². The van der Waals surface area contributed by atoms with Crippen molar-refractivity contribution < 1.29 is 0 Å². The summed E-state index contributed by atoms with van der Waals surface area (Å²) in [6.45, 7) is 4.74. The topological polar surface area (TPSA) is 50.7 Å². The molecular formula is C11H14N4S. The average molecular weight is 234 g/mol. The van der Waals surface area contributed by atoms with Crippen LogP contribution in [0.15, 0.2) is 23.3 Å². The minimum atomic E-state index is 0.245. The molecular weight excluding hydrogens is 220 g/mol. The molecule has 84 valence electrons. The molecule has 2 aromatic heterocycles. The van der Waals surface area contributed by atoms with Gasteiger partial charge in [0.05, 0.1) is 22.6 Å². The quantitative estimate of drug-likeness (QED) is 0.880. The summed E-state index contributed by atoms with van der Waals surface area (Å²) in [4.78, 5) is 12.8. The van der Waals surface area contributed by atoms with Gasteiger partial charge >= 0.3 is 0 Å². The lowest BCUT2D eigenvalue weighted by Crippen LogP contribution is -2.19. The fourth-order valence-corrected chi connectivity index (χ4v) is 1.96. The highest BCUT2D eigenvalue weighted by Gasteiger charge is 2.06. The van der Waals surface area contributed by atoms with Gasteiger partial charge in [0, 0.05) is 30.4 Å². The van der Waals surface area contributed by atoms with Gasteiger partial charge in [0.2, 0.25) is 0 Å². The SMILES string of the molecule is Cc1cnc(CNC(C)c2cscn2)cn1. The van der Waals surface area contributed by atoms with Crippen LogP contribution >= 0.6 is 11.3 Å². The van der Waals surface area contributed by atoms with E-state index in [0.717, 1.165) is 17.1 Å². The van der Waals surface area contributed by atoms with E-state index in [1.54, 1.807) is 23.7 Å². The Morgan fingerprint density at radius 2 is 2.19 bits per heavy atom. The maximum absolute atomic E-state index is 4.29. The Balaban J connectivity index is 1.90. The highest BCUT2D eigenvalue weighted by atomic mass is 32.1. The summed E-state index contributed by atoms with van der Waals surface area (Å²) in [5.74, 6) is 0. The van der Waals surface area contributed by atoms with Crippen molar-refractivity contribution >= 4 is 11.3 Å². The van der Waals surface area contributed by atoms with Crippen LogP contribution in [0.4, 0.5) is 0 Å². The molecule has 0 saturated heterocycles. The van der Waals surface area contributed by atoms with Crippen LogP contribution in [0.2, 0.25) is 0 Å². The summed E-state index contributed by atoms with van der Waals surface area (Å²) >= 11 is 1.61. The highest BCUT2D eigenvalue weighted by molar-refractivity contribution is 7.07. The van der Waals surface area contributed by atoms with Gasteiger partial charge in [-0.25, -0.2) is 4.98 Å². The first-order valence-corrected chi connectivity index (χ1v) is 6.09. The zero-order valence-electron chi connectivity index (χ0n) is 9.34. The largest absolute Gasteiger partial charge is 0.303 e. The normalized spacial score (nSPS) is 12.6. The Morgan fingerprint density at radius 1 is 1.31 bits per heavy atom. The minimum Gasteiger partial charge on any atom is -0.303 e. The molecule has 1 N–H and O–H groups in total. The van der Waals surface area contributed by atoms with Crippen LogP contribution in [0.1, 0.15) is 30.0 Å². The van der Waals surface area contributed by atoms with E-state index in [-0.39, 0.29) is 6.04 Å². The van der Waals surface area contributed by atoms with Crippen molar-refractivity contribution in [1.29, 1.82) is 0 Å². The predicted molar refractivity (Wildman–Crippen MR) is 64.1 cm³/mol. The monoisotopic (exact) mass is 234 g/mol. The average Bonchev–Trinajstić information content (AvgIpc) is 2.81. The van der Waals surface area contributed by atoms with Gasteiger partial charge in [-0.3, -0.25) is 9.97 Å². The summed E-state index contributed by atoms with van der Waals surface area (Å²) in [7, 11) is 0. The van der Waals surface area contributed by atoms with Crippen LogP contribution in [0.25, 0.3) is 0 Å². The maximum atomic E-state index is 4.29. The van der Waals surface area contributed by atoms with E-state index in [9.17, 15) is 0 Å². The molecule has 0 aliphatic rings. The van der Waals surface area contributed by atoms with Gasteiger partial charge in [-0.15, -0.1) is 11.3 Å². The van der Waals surface area contributed by atoms with Gasteiger partial charge in [-0.2, -0.15) is 0 Å². The lowest BCUT2D eigenvalue weighted by Gasteiger charge is -2.10. The molecule has 0 aromatic carbocycles. The van der Waals surface area contributed by atoms with Crippen LogP contribution in [0.3, 0.4) is 0 Å². The third-order valence-electron chi connectivity index (χ3n) is 2.32. The fraction of sp³-hybridized carbons (Fsp3) is 0.364. The molecule has 0 radical (unpaired) electrons. The number of hydrogen-bond acceptors (Lipinski definition) is 5. The predicted octanol–water partition coefficient (Wildman–Crippen LogP) is 2.09. The van der Waals surface area contributed by atoms with Crippen molar-refractivity contribution in [3.63, 3.8) is 0 Å². The van der Waals surface area contributed by atoms with Crippen LogP contribution in [-0.4, -0.2) is 15.0 Å². The van der Waals surface area contributed by atoms with Gasteiger partial charge in [0.25, 0.3) is 0 Å². The van der Waals surface area contributed by atoms with Gasteiger partial charge in [0.15, 0.2) is 0 Å². The molecule has 0 saturated carbocycles. The summed E-state index contributed by atoms with van der Waals surface area (Å²) in [5, 5.41) is 5.42. The zero-order valence-corrected chi connectivity index (χ0v) is 10.2. The van der Waals surface area contributed by atoms with Crippen LogP contribution in [-0.2, 0) is 6.54 Å². The molecule has 2 heterocycles. The number of hydrogen-bond donors (Lipinski definition) is 1. The molecule has 4 nitrogen and oxygen atoms in total. The number of rotatable bonds is 4. The molecule has 16 heavy (non-hydrogen) atoms. The first-order chi connectivity index (χ1) is 7.75. The van der Waals surface area contributed by atoms with Crippen molar-refractivity contribution in [3.05, 3.63) is 40.4 Å². The molecule has 0 fully saturated rings. The van der Waals surface area contributed by atoms with Crippen molar-refractivity contribution in [2.45, 2.75) is 26.4 Å². The number of nitrogens with zero attached hydrogens (tertiary/aromatic N) is 3. The first kappa shape index (κ1) is 11.2. The second-order valence-electron chi connectivity index (χ2n) is 3.67.